The summed E-state index contributed by atoms with van der Waals surface area (Å²) in [6.45, 7) is 17.1. The lowest BCUT2D eigenvalue weighted by atomic mass is 9.82. The Kier molecular flexibility index (Phi) is 4.43. The largest absolute Gasteiger partial charge is 0.498 e. The monoisotopic (exact) mass is 336 g/mol. The second kappa shape index (κ2) is 5.59. The molecule has 2 heterocycles. The van der Waals surface area contributed by atoms with E-state index in [1.54, 1.807) is 30.9 Å². The van der Waals surface area contributed by atoms with Gasteiger partial charge < -0.3 is 14.0 Å². The van der Waals surface area contributed by atoms with Crippen LogP contribution in [0.15, 0.2) is 12.4 Å². The van der Waals surface area contributed by atoms with E-state index in [1.807, 2.05) is 48.5 Å². The van der Waals surface area contributed by atoms with Crippen LogP contribution in [0.3, 0.4) is 0 Å². The smallest absolute Gasteiger partial charge is 0.458 e. The first-order valence-electron chi connectivity index (χ1n) is 8.30. The van der Waals surface area contributed by atoms with Crippen LogP contribution in [0.4, 0.5) is 0 Å². The number of aromatic nitrogens is 2. The molecule has 0 atom stereocenters. The number of carbonyl (C=O) groups excluding carboxylic acids is 1. The molecule has 0 saturated carbocycles. The van der Waals surface area contributed by atoms with Crippen LogP contribution in [0.2, 0.25) is 0 Å². The molecule has 1 aromatic heterocycles. The van der Waals surface area contributed by atoms with Gasteiger partial charge in [0.1, 0.15) is 5.60 Å². The van der Waals surface area contributed by atoms with Crippen molar-refractivity contribution in [2.24, 2.45) is 0 Å². The van der Waals surface area contributed by atoms with Gasteiger partial charge in [-0.2, -0.15) is 5.10 Å². The fourth-order valence-electron chi connectivity index (χ4n) is 2.24. The van der Waals surface area contributed by atoms with Gasteiger partial charge in [-0.05, 0) is 62.3 Å². The zero-order valence-corrected chi connectivity index (χ0v) is 16.3. The van der Waals surface area contributed by atoms with Gasteiger partial charge in [-0.3, -0.25) is 4.68 Å². The average molecular weight is 336 g/mol. The topological polar surface area (TPSA) is 62.6 Å². The van der Waals surface area contributed by atoms with Crippen LogP contribution in [0, 0.1) is 0 Å². The molecule has 0 bridgehead atoms. The summed E-state index contributed by atoms with van der Waals surface area (Å²) < 4.78 is 19.1. The van der Waals surface area contributed by atoms with Crippen LogP contribution in [-0.2, 0) is 24.4 Å². The Bertz CT molecular complexity index is 613. The van der Waals surface area contributed by atoms with Crippen molar-refractivity contribution in [3.05, 3.63) is 12.4 Å². The molecule has 24 heavy (non-hydrogen) atoms. The maximum Gasteiger partial charge on any atom is 0.498 e. The first kappa shape index (κ1) is 19.0. The highest BCUT2D eigenvalue weighted by molar-refractivity contribution is 6.62. The lowest BCUT2D eigenvalue weighted by molar-refractivity contribution is -0.164. The van der Waals surface area contributed by atoms with Crippen LogP contribution < -0.4 is 5.46 Å². The minimum Gasteiger partial charge on any atom is -0.458 e. The van der Waals surface area contributed by atoms with Crippen LogP contribution in [0.1, 0.15) is 62.3 Å². The molecule has 1 aliphatic rings. The Hall–Kier alpha value is -1.34. The van der Waals surface area contributed by atoms with Gasteiger partial charge in [0, 0.05) is 17.9 Å². The normalized spacial score (nSPS) is 20.3. The lowest BCUT2D eigenvalue weighted by Gasteiger charge is -2.32. The third-order valence-electron chi connectivity index (χ3n) is 4.60. The van der Waals surface area contributed by atoms with Crippen molar-refractivity contribution in [1.82, 2.24) is 9.78 Å². The summed E-state index contributed by atoms with van der Waals surface area (Å²) in [6.07, 6.45) is 3.46. The fraction of sp³-hybridized carbons (Fsp3) is 0.765. The van der Waals surface area contributed by atoms with Gasteiger partial charge in [-0.15, -0.1) is 0 Å². The van der Waals surface area contributed by atoms with Crippen LogP contribution in [0.25, 0.3) is 0 Å². The lowest BCUT2D eigenvalue weighted by Crippen LogP contribution is -2.42. The Balaban J connectivity index is 2.21. The Morgan fingerprint density at radius 2 is 1.62 bits per heavy atom. The predicted molar refractivity (Wildman–Crippen MR) is 93.1 cm³/mol. The summed E-state index contributed by atoms with van der Waals surface area (Å²) in [4.78, 5) is 12.5. The molecule has 6 nitrogen and oxygen atoms in total. The summed E-state index contributed by atoms with van der Waals surface area (Å²) in [5.74, 6) is -0.335. The van der Waals surface area contributed by atoms with Crippen LogP contribution in [-0.4, -0.2) is 39.7 Å². The number of esters is 1. The van der Waals surface area contributed by atoms with Crippen molar-refractivity contribution < 1.29 is 18.8 Å². The Labute approximate surface area is 145 Å². The molecule has 1 fully saturated rings. The molecule has 7 heteroatoms. The summed E-state index contributed by atoms with van der Waals surface area (Å²) in [5, 5.41) is 4.33. The number of carbonyl (C=O) groups is 1. The van der Waals surface area contributed by atoms with Gasteiger partial charge in [-0.25, -0.2) is 4.79 Å². The van der Waals surface area contributed by atoms with E-state index >= 15 is 0 Å². The van der Waals surface area contributed by atoms with Crippen molar-refractivity contribution in [3.63, 3.8) is 0 Å². The quantitative estimate of drug-likeness (QED) is 0.626. The van der Waals surface area contributed by atoms with Gasteiger partial charge in [0.05, 0.1) is 11.2 Å². The third-order valence-corrected chi connectivity index (χ3v) is 4.60. The van der Waals surface area contributed by atoms with E-state index in [9.17, 15) is 4.79 Å². The molecule has 2 rings (SSSR count). The van der Waals surface area contributed by atoms with Crippen molar-refractivity contribution >= 4 is 18.6 Å². The summed E-state index contributed by atoms with van der Waals surface area (Å²) in [7, 11) is -0.502. The molecule has 0 spiro atoms. The molecule has 0 aromatic carbocycles. The van der Waals surface area contributed by atoms with Crippen molar-refractivity contribution in [2.75, 3.05) is 0 Å². The highest BCUT2D eigenvalue weighted by Gasteiger charge is 2.52. The number of rotatable bonds is 3. The zero-order chi connectivity index (χ0) is 18.6. The maximum absolute atomic E-state index is 12.5. The summed E-state index contributed by atoms with van der Waals surface area (Å²) in [6, 6.07) is 0. The predicted octanol–water partition coefficient (Wildman–Crippen LogP) is 2.26. The molecule has 0 aliphatic carbocycles. The van der Waals surface area contributed by atoms with Gasteiger partial charge in [0.15, 0.2) is 5.54 Å². The molecular formula is C17H29BN2O4. The Morgan fingerprint density at radius 3 is 2.08 bits per heavy atom. The van der Waals surface area contributed by atoms with Crippen molar-refractivity contribution in [2.45, 2.75) is 84.7 Å². The molecule has 1 aliphatic heterocycles. The SMILES string of the molecule is CC(C)(C)OC(=O)C(C)(C)n1cc(B2OC(C)(C)C(C)(C)O2)cn1. The van der Waals surface area contributed by atoms with Crippen molar-refractivity contribution in [3.8, 4) is 0 Å². The molecule has 0 amide bonds. The standard InChI is InChI=1S/C17H29BN2O4/c1-14(2,3)22-13(21)15(4,5)20-11-12(10-19-20)18-23-16(6,7)17(8,9)24-18/h10-11H,1-9H3. The average Bonchev–Trinajstić information content (AvgIpc) is 2.91. The van der Waals surface area contributed by atoms with E-state index in [2.05, 4.69) is 5.10 Å². The van der Waals surface area contributed by atoms with Crippen molar-refractivity contribution in [1.29, 1.82) is 0 Å². The molecule has 0 radical (unpaired) electrons. The minimum absolute atomic E-state index is 0.335. The fourth-order valence-corrected chi connectivity index (χ4v) is 2.24. The molecular weight excluding hydrogens is 307 g/mol. The first-order valence-corrected chi connectivity index (χ1v) is 8.30. The Morgan fingerprint density at radius 1 is 1.12 bits per heavy atom. The van der Waals surface area contributed by atoms with E-state index in [0.29, 0.717) is 0 Å². The van der Waals surface area contributed by atoms with Gasteiger partial charge in [0.25, 0.3) is 0 Å². The van der Waals surface area contributed by atoms with E-state index in [-0.39, 0.29) is 5.97 Å². The molecule has 1 aromatic rings. The molecule has 0 unspecified atom stereocenters. The van der Waals surface area contributed by atoms with E-state index < -0.39 is 29.5 Å². The number of ether oxygens (including phenoxy) is 1. The minimum atomic E-state index is -0.921. The van der Waals surface area contributed by atoms with Gasteiger partial charge >= 0.3 is 13.1 Å². The molecule has 0 N–H and O–H groups in total. The molecule has 134 valence electrons. The summed E-state index contributed by atoms with van der Waals surface area (Å²) >= 11 is 0. The second-order valence-corrected chi connectivity index (χ2v) is 8.87. The van der Waals surface area contributed by atoms with Crippen LogP contribution >= 0.6 is 0 Å². The van der Waals surface area contributed by atoms with E-state index in [1.165, 1.54) is 0 Å². The number of nitrogens with zero attached hydrogens (tertiary/aromatic N) is 2. The van der Waals surface area contributed by atoms with Gasteiger partial charge in [0.2, 0.25) is 0 Å². The maximum atomic E-state index is 12.5. The first-order chi connectivity index (χ1) is 10.7. The number of hydrogen-bond donors (Lipinski definition) is 0. The number of hydrogen-bond acceptors (Lipinski definition) is 5. The van der Waals surface area contributed by atoms with Crippen LogP contribution in [0.5, 0.6) is 0 Å². The highest BCUT2D eigenvalue weighted by Crippen LogP contribution is 2.36. The van der Waals surface area contributed by atoms with Gasteiger partial charge in [-0.1, -0.05) is 0 Å². The second-order valence-electron chi connectivity index (χ2n) is 8.87. The van der Waals surface area contributed by atoms with E-state index in [0.717, 1.165) is 5.46 Å². The summed E-state index contributed by atoms with van der Waals surface area (Å²) in [5.41, 5.74) is -1.52. The zero-order valence-electron chi connectivity index (χ0n) is 16.3. The highest BCUT2D eigenvalue weighted by atomic mass is 16.7. The van der Waals surface area contributed by atoms with E-state index in [4.69, 9.17) is 14.0 Å². The third kappa shape index (κ3) is 3.52. The molecule has 1 saturated heterocycles.